The monoisotopic (exact) mass is 479 g/mol. The number of amides is 1. The van der Waals surface area contributed by atoms with Gasteiger partial charge in [0.05, 0.1) is 5.69 Å². The molecule has 4 rings (SSSR count). The molecule has 1 amide bonds. The summed E-state index contributed by atoms with van der Waals surface area (Å²) < 4.78 is 96.5. The van der Waals surface area contributed by atoms with Gasteiger partial charge in [-0.05, 0) is 30.9 Å². The SMILES string of the molecule is Cn1nc(NC(=O)C[C@@H]2CC(F)(F)C2(F)F)c(C2CCC2)c1-c1cccc(OC(F)(F)F)c1. The van der Waals surface area contributed by atoms with Crippen LogP contribution in [0.2, 0.25) is 0 Å². The molecule has 1 N–H and O–H groups in total. The molecule has 5 nitrogen and oxygen atoms in total. The minimum absolute atomic E-state index is 0.0503. The van der Waals surface area contributed by atoms with Gasteiger partial charge in [0, 0.05) is 36.9 Å². The second kappa shape index (κ2) is 7.91. The lowest BCUT2D eigenvalue weighted by atomic mass is 9.74. The molecule has 0 spiro atoms. The molecule has 0 radical (unpaired) electrons. The quantitative estimate of drug-likeness (QED) is 0.527. The van der Waals surface area contributed by atoms with Gasteiger partial charge < -0.3 is 10.1 Å². The zero-order valence-electron chi connectivity index (χ0n) is 17.4. The van der Waals surface area contributed by atoms with Crippen molar-refractivity contribution < 1.29 is 40.3 Å². The number of benzene rings is 1. The number of aryl methyl sites for hydroxylation is 1. The summed E-state index contributed by atoms with van der Waals surface area (Å²) in [6.45, 7) is 0. The van der Waals surface area contributed by atoms with Crippen LogP contribution in [0.15, 0.2) is 24.3 Å². The number of nitrogens with one attached hydrogen (secondary N) is 1. The van der Waals surface area contributed by atoms with E-state index in [1.807, 2.05) is 0 Å². The number of nitrogens with zero attached hydrogens (tertiary/aromatic N) is 2. The molecule has 1 heterocycles. The molecule has 12 heteroatoms. The largest absolute Gasteiger partial charge is 0.573 e. The smallest absolute Gasteiger partial charge is 0.406 e. The lowest BCUT2D eigenvalue weighted by Gasteiger charge is -2.43. The van der Waals surface area contributed by atoms with E-state index in [0.717, 1.165) is 25.3 Å². The number of anilines is 1. The second-order valence-electron chi connectivity index (χ2n) is 8.42. The van der Waals surface area contributed by atoms with Crippen LogP contribution in [0.25, 0.3) is 11.3 Å². The Labute approximate surface area is 183 Å². The van der Waals surface area contributed by atoms with Crippen LogP contribution < -0.4 is 10.1 Å². The van der Waals surface area contributed by atoms with Gasteiger partial charge in [0.1, 0.15) is 5.75 Å². The van der Waals surface area contributed by atoms with Gasteiger partial charge in [0.25, 0.3) is 0 Å². The Morgan fingerprint density at radius 3 is 2.48 bits per heavy atom. The molecule has 0 bridgehead atoms. The van der Waals surface area contributed by atoms with Crippen molar-refractivity contribution in [1.29, 1.82) is 0 Å². The van der Waals surface area contributed by atoms with Crippen molar-refractivity contribution in [2.45, 2.75) is 56.2 Å². The molecule has 2 saturated carbocycles. The van der Waals surface area contributed by atoms with Gasteiger partial charge >= 0.3 is 18.2 Å². The van der Waals surface area contributed by atoms with E-state index in [-0.39, 0.29) is 11.7 Å². The van der Waals surface area contributed by atoms with E-state index < -0.39 is 48.6 Å². The number of alkyl halides is 7. The van der Waals surface area contributed by atoms with Crippen molar-refractivity contribution in [3.05, 3.63) is 29.8 Å². The summed E-state index contributed by atoms with van der Waals surface area (Å²) >= 11 is 0. The third-order valence-electron chi connectivity index (χ3n) is 6.13. The van der Waals surface area contributed by atoms with Crippen molar-refractivity contribution in [3.8, 4) is 17.0 Å². The van der Waals surface area contributed by atoms with Crippen LogP contribution in [0.5, 0.6) is 5.75 Å². The maximum atomic E-state index is 13.6. The molecular formula is C21H20F7N3O2. The summed E-state index contributed by atoms with van der Waals surface area (Å²) in [6.07, 6.45) is -4.37. The lowest BCUT2D eigenvalue weighted by molar-refractivity contribution is -0.313. The summed E-state index contributed by atoms with van der Waals surface area (Å²) in [5.74, 6) is -11.4. The average molecular weight is 479 g/mol. The van der Waals surface area contributed by atoms with Gasteiger partial charge in [-0.2, -0.15) is 22.7 Å². The third kappa shape index (κ3) is 4.39. The number of aromatic nitrogens is 2. The number of ether oxygens (including phenoxy) is 1. The van der Waals surface area contributed by atoms with Gasteiger partial charge in [0.2, 0.25) is 5.91 Å². The van der Waals surface area contributed by atoms with Crippen LogP contribution >= 0.6 is 0 Å². The number of carbonyl (C=O) groups is 1. The number of halogens is 7. The van der Waals surface area contributed by atoms with Gasteiger partial charge in [0.15, 0.2) is 5.82 Å². The van der Waals surface area contributed by atoms with Gasteiger partial charge in [-0.3, -0.25) is 9.48 Å². The van der Waals surface area contributed by atoms with Crippen molar-refractivity contribution in [2.75, 3.05) is 5.32 Å². The van der Waals surface area contributed by atoms with Crippen molar-refractivity contribution in [1.82, 2.24) is 9.78 Å². The maximum Gasteiger partial charge on any atom is 0.573 e. The van der Waals surface area contributed by atoms with E-state index in [1.165, 1.54) is 23.9 Å². The summed E-state index contributed by atoms with van der Waals surface area (Å²) in [5.41, 5.74) is 1.37. The Morgan fingerprint density at radius 2 is 1.94 bits per heavy atom. The molecule has 2 aliphatic carbocycles. The Morgan fingerprint density at radius 1 is 1.24 bits per heavy atom. The van der Waals surface area contributed by atoms with Crippen LogP contribution in [0.4, 0.5) is 36.6 Å². The molecular weight excluding hydrogens is 459 g/mol. The fourth-order valence-corrected chi connectivity index (χ4v) is 4.25. The minimum Gasteiger partial charge on any atom is -0.406 e. The maximum absolute atomic E-state index is 13.6. The van der Waals surface area contributed by atoms with Crippen molar-refractivity contribution in [2.24, 2.45) is 13.0 Å². The topological polar surface area (TPSA) is 56.2 Å². The van der Waals surface area contributed by atoms with Gasteiger partial charge in [-0.25, -0.2) is 0 Å². The molecule has 2 aliphatic rings. The Kier molecular flexibility index (Phi) is 5.60. The highest BCUT2D eigenvalue weighted by Crippen LogP contribution is 2.56. The molecule has 0 aliphatic heterocycles. The zero-order chi connectivity index (χ0) is 24.2. The van der Waals surface area contributed by atoms with Crippen LogP contribution in [-0.2, 0) is 11.8 Å². The molecule has 2 aromatic rings. The summed E-state index contributed by atoms with van der Waals surface area (Å²) in [5, 5.41) is 6.68. The van der Waals surface area contributed by atoms with E-state index in [9.17, 15) is 35.5 Å². The van der Waals surface area contributed by atoms with E-state index in [2.05, 4.69) is 15.2 Å². The van der Waals surface area contributed by atoms with Crippen molar-refractivity contribution >= 4 is 11.7 Å². The van der Waals surface area contributed by atoms with E-state index in [4.69, 9.17) is 0 Å². The number of rotatable bonds is 6. The number of hydrogen-bond acceptors (Lipinski definition) is 3. The Hall–Kier alpha value is -2.79. The van der Waals surface area contributed by atoms with E-state index in [1.54, 1.807) is 6.07 Å². The molecule has 0 unspecified atom stereocenters. The van der Waals surface area contributed by atoms with Crippen LogP contribution in [0.3, 0.4) is 0 Å². The molecule has 180 valence electrons. The van der Waals surface area contributed by atoms with Crippen LogP contribution in [-0.4, -0.2) is 33.9 Å². The highest BCUT2D eigenvalue weighted by atomic mass is 19.4. The Balaban J connectivity index is 1.60. The first-order chi connectivity index (χ1) is 15.3. The second-order valence-corrected chi connectivity index (χ2v) is 8.42. The highest BCUT2D eigenvalue weighted by Gasteiger charge is 2.71. The van der Waals surface area contributed by atoms with Crippen molar-refractivity contribution in [3.63, 3.8) is 0 Å². The molecule has 0 saturated heterocycles. The number of hydrogen-bond donors (Lipinski definition) is 1. The molecule has 1 aromatic heterocycles. The number of carbonyl (C=O) groups excluding carboxylic acids is 1. The summed E-state index contributed by atoms with van der Waals surface area (Å²) in [6, 6.07) is 5.28. The molecule has 1 atom stereocenters. The first-order valence-electron chi connectivity index (χ1n) is 10.3. The fourth-order valence-electron chi connectivity index (χ4n) is 4.25. The van der Waals surface area contributed by atoms with Gasteiger partial charge in [-0.1, -0.05) is 18.6 Å². The summed E-state index contributed by atoms with van der Waals surface area (Å²) in [7, 11) is 1.53. The fraction of sp³-hybridized carbons (Fsp3) is 0.524. The molecule has 2 fully saturated rings. The first kappa shape index (κ1) is 23.4. The summed E-state index contributed by atoms with van der Waals surface area (Å²) in [4.78, 5) is 12.4. The highest BCUT2D eigenvalue weighted by molar-refractivity contribution is 5.92. The first-order valence-corrected chi connectivity index (χ1v) is 10.3. The van der Waals surface area contributed by atoms with E-state index in [0.29, 0.717) is 16.8 Å². The minimum atomic E-state index is -4.87. The molecule has 1 aromatic carbocycles. The standard InChI is InChI=1S/C21H20F7N3O2/c1-31-17(12-6-3-7-14(8-12)33-21(26,27)28)16(11-4-2-5-11)18(30-31)29-15(32)9-13-10-19(22,23)20(13,24)25/h3,6-8,11,13H,2,4-5,9-10H2,1H3,(H,29,30,32)/t13-/m1/s1. The van der Waals surface area contributed by atoms with E-state index >= 15 is 0 Å². The van der Waals surface area contributed by atoms with Gasteiger partial charge in [-0.15, -0.1) is 13.2 Å². The van der Waals surface area contributed by atoms with Crippen LogP contribution in [0, 0.1) is 5.92 Å². The van der Waals surface area contributed by atoms with Crippen LogP contribution in [0.1, 0.15) is 43.6 Å². The predicted octanol–water partition coefficient (Wildman–Crippen LogP) is 5.87. The average Bonchev–Trinajstić information content (AvgIpc) is 2.94. The lowest BCUT2D eigenvalue weighted by Crippen LogP contribution is -2.59. The Bertz CT molecular complexity index is 1060. The normalized spacial score (nSPS) is 21.8. The predicted molar refractivity (Wildman–Crippen MR) is 103 cm³/mol. The third-order valence-corrected chi connectivity index (χ3v) is 6.13. The molecule has 33 heavy (non-hydrogen) atoms. The zero-order valence-corrected chi connectivity index (χ0v) is 17.4.